The molecule has 0 atom stereocenters. The van der Waals surface area contributed by atoms with Crippen molar-refractivity contribution in [2.75, 3.05) is 5.32 Å². The van der Waals surface area contributed by atoms with Crippen LogP contribution >= 0.6 is 11.3 Å². The Labute approximate surface area is 169 Å². The van der Waals surface area contributed by atoms with Crippen molar-refractivity contribution in [3.8, 4) is 0 Å². The van der Waals surface area contributed by atoms with Gasteiger partial charge in [0.1, 0.15) is 5.00 Å². The Balaban J connectivity index is 2.38. The predicted molar refractivity (Wildman–Crippen MR) is 115 cm³/mol. The van der Waals surface area contributed by atoms with Crippen LogP contribution in [0.15, 0.2) is 0 Å². The highest BCUT2D eigenvalue weighted by atomic mass is 32.1. The lowest BCUT2D eigenvalue weighted by molar-refractivity contribution is -0.116. The van der Waals surface area contributed by atoms with E-state index in [0.29, 0.717) is 17.0 Å². The molecule has 0 aliphatic rings. The summed E-state index contributed by atoms with van der Waals surface area (Å²) in [7, 11) is 0. The van der Waals surface area contributed by atoms with Crippen LogP contribution in [-0.4, -0.2) is 18.0 Å². The number of nitrogens with one attached hydrogen (secondary N) is 1. The Hall–Kier alpha value is -1.36. The van der Waals surface area contributed by atoms with Crippen molar-refractivity contribution in [2.24, 2.45) is 0 Å². The van der Waals surface area contributed by atoms with E-state index in [4.69, 9.17) is 4.74 Å². The number of thiophene rings is 1. The fraction of sp³-hybridized carbons (Fsp3) is 0.727. The lowest BCUT2D eigenvalue weighted by Crippen LogP contribution is -2.16. The number of hydrogen-bond acceptors (Lipinski definition) is 4. The summed E-state index contributed by atoms with van der Waals surface area (Å²) >= 11 is 1.45. The summed E-state index contributed by atoms with van der Waals surface area (Å²) in [6, 6.07) is 0. The van der Waals surface area contributed by atoms with Crippen molar-refractivity contribution in [1.29, 1.82) is 0 Å². The molecule has 1 heterocycles. The second-order valence-electron chi connectivity index (χ2n) is 7.57. The number of ether oxygens (including phenoxy) is 1. The smallest absolute Gasteiger partial charge is 0.341 e. The van der Waals surface area contributed by atoms with Gasteiger partial charge in [-0.2, -0.15) is 0 Å². The van der Waals surface area contributed by atoms with Crippen LogP contribution in [0, 0.1) is 13.8 Å². The van der Waals surface area contributed by atoms with Gasteiger partial charge in [-0.25, -0.2) is 4.79 Å². The highest BCUT2D eigenvalue weighted by Crippen LogP contribution is 2.33. The van der Waals surface area contributed by atoms with Gasteiger partial charge in [0, 0.05) is 11.3 Å². The number of hydrogen-bond donors (Lipinski definition) is 1. The third-order valence-corrected chi connectivity index (χ3v) is 5.82. The molecule has 1 amide bonds. The molecule has 0 saturated heterocycles. The van der Waals surface area contributed by atoms with Gasteiger partial charge >= 0.3 is 5.97 Å². The maximum atomic E-state index is 12.4. The van der Waals surface area contributed by atoms with Crippen molar-refractivity contribution in [2.45, 2.75) is 105 Å². The van der Waals surface area contributed by atoms with Crippen molar-refractivity contribution in [3.63, 3.8) is 0 Å². The first-order chi connectivity index (χ1) is 12.9. The minimum atomic E-state index is -0.356. The van der Waals surface area contributed by atoms with E-state index in [1.807, 2.05) is 27.7 Å². The number of anilines is 1. The highest BCUT2D eigenvalue weighted by molar-refractivity contribution is 7.16. The molecule has 0 aliphatic carbocycles. The van der Waals surface area contributed by atoms with Crippen LogP contribution in [0.2, 0.25) is 0 Å². The van der Waals surface area contributed by atoms with E-state index in [0.717, 1.165) is 23.3 Å². The van der Waals surface area contributed by atoms with Crippen LogP contribution in [-0.2, 0) is 9.53 Å². The second kappa shape index (κ2) is 12.9. The molecule has 27 heavy (non-hydrogen) atoms. The topological polar surface area (TPSA) is 55.4 Å². The molecule has 0 spiro atoms. The van der Waals surface area contributed by atoms with Gasteiger partial charge in [0.25, 0.3) is 0 Å². The summed E-state index contributed by atoms with van der Waals surface area (Å²) in [5.74, 6) is -0.372. The van der Waals surface area contributed by atoms with Crippen LogP contribution in [0.25, 0.3) is 0 Å². The minimum Gasteiger partial charge on any atom is -0.459 e. The fourth-order valence-electron chi connectivity index (χ4n) is 3.02. The normalized spacial score (nSPS) is 11.0. The number of unbranched alkanes of at least 4 members (excludes halogenated alkanes) is 8. The van der Waals surface area contributed by atoms with E-state index in [-0.39, 0.29) is 18.0 Å². The molecule has 5 heteroatoms. The van der Waals surface area contributed by atoms with E-state index in [1.165, 1.54) is 56.3 Å². The first-order valence-electron chi connectivity index (χ1n) is 10.5. The SMILES string of the molecule is CCCCCCCCCCCC(=O)Nc1sc(C)c(C)c1C(=O)OC(C)C. The zero-order chi connectivity index (χ0) is 20.2. The van der Waals surface area contributed by atoms with Gasteiger partial charge in [-0.15, -0.1) is 11.3 Å². The average molecular weight is 396 g/mol. The molecule has 1 aromatic heterocycles. The number of rotatable bonds is 13. The molecule has 0 bridgehead atoms. The van der Waals surface area contributed by atoms with Gasteiger partial charge < -0.3 is 10.1 Å². The quantitative estimate of drug-likeness (QED) is 0.295. The lowest BCUT2D eigenvalue weighted by Gasteiger charge is -2.10. The number of carbonyl (C=O) groups excluding carboxylic acids is 2. The first kappa shape index (κ1) is 23.7. The number of amides is 1. The molecule has 0 saturated carbocycles. The maximum absolute atomic E-state index is 12.4. The van der Waals surface area contributed by atoms with E-state index in [2.05, 4.69) is 12.2 Å². The highest BCUT2D eigenvalue weighted by Gasteiger charge is 2.22. The summed E-state index contributed by atoms with van der Waals surface area (Å²) in [5.41, 5.74) is 1.40. The molecule has 1 aromatic rings. The molecule has 0 fully saturated rings. The van der Waals surface area contributed by atoms with E-state index in [9.17, 15) is 9.59 Å². The van der Waals surface area contributed by atoms with Gasteiger partial charge in [0.2, 0.25) is 5.91 Å². The van der Waals surface area contributed by atoms with Crippen LogP contribution in [0.3, 0.4) is 0 Å². The molecule has 1 N–H and O–H groups in total. The zero-order valence-corrected chi connectivity index (χ0v) is 18.6. The molecule has 0 unspecified atom stereocenters. The van der Waals surface area contributed by atoms with Crippen molar-refractivity contribution in [1.82, 2.24) is 0 Å². The summed E-state index contributed by atoms with van der Waals surface area (Å²) in [6.07, 6.45) is 11.4. The predicted octanol–water partition coefficient (Wildman–Crippen LogP) is 6.79. The van der Waals surface area contributed by atoms with Gasteiger partial charge in [-0.3, -0.25) is 4.79 Å². The zero-order valence-electron chi connectivity index (χ0n) is 17.8. The molecule has 0 radical (unpaired) electrons. The Kier molecular flexibility index (Phi) is 11.3. The Morgan fingerprint density at radius 3 is 2.07 bits per heavy atom. The van der Waals surface area contributed by atoms with E-state index < -0.39 is 0 Å². The summed E-state index contributed by atoms with van der Waals surface area (Å²) in [4.78, 5) is 25.7. The average Bonchev–Trinajstić information content (AvgIpc) is 2.86. The third-order valence-electron chi connectivity index (χ3n) is 4.69. The Morgan fingerprint density at radius 2 is 1.52 bits per heavy atom. The molecule has 0 aliphatic heterocycles. The summed E-state index contributed by atoms with van der Waals surface area (Å²) < 4.78 is 5.33. The van der Waals surface area contributed by atoms with Gasteiger partial charge in [-0.1, -0.05) is 58.3 Å². The minimum absolute atomic E-state index is 0.0159. The van der Waals surface area contributed by atoms with Gasteiger partial charge in [0.05, 0.1) is 11.7 Å². The molecule has 4 nitrogen and oxygen atoms in total. The van der Waals surface area contributed by atoms with Crippen molar-refractivity contribution in [3.05, 3.63) is 16.0 Å². The van der Waals surface area contributed by atoms with Gasteiger partial charge in [-0.05, 0) is 39.7 Å². The monoisotopic (exact) mass is 395 g/mol. The molecule has 0 aromatic carbocycles. The van der Waals surface area contributed by atoms with Crippen molar-refractivity contribution >= 4 is 28.2 Å². The lowest BCUT2D eigenvalue weighted by atomic mass is 10.1. The van der Waals surface area contributed by atoms with Crippen LogP contribution in [0.1, 0.15) is 106 Å². The summed E-state index contributed by atoms with van der Waals surface area (Å²) in [6.45, 7) is 9.75. The van der Waals surface area contributed by atoms with Gasteiger partial charge in [0.15, 0.2) is 0 Å². The first-order valence-corrected chi connectivity index (χ1v) is 11.3. The fourth-order valence-corrected chi connectivity index (χ4v) is 4.08. The van der Waals surface area contributed by atoms with Crippen LogP contribution < -0.4 is 5.32 Å². The largest absolute Gasteiger partial charge is 0.459 e. The number of carbonyl (C=O) groups is 2. The third kappa shape index (κ3) is 8.91. The summed E-state index contributed by atoms with van der Waals surface area (Å²) in [5, 5.41) is 3.55. The molecule has 154 valence electrons. The number of aryl methyl sites for hydroxylation is 1. The maximum Gasteiger partial charge on any atom is 0.341 e. The molecular weight excluding hydrogens is 358 g/mol. The molecular formula is C22H37NO3S. The van der Waals surface area contributed by atoms with Crippen LogP contribution in [0.4, 0.5) is 5.00 Å². The van der Waals surface area contributed by atoms with Crippen LogP contribution in [0.5, 0.6) is 0 Å². The van der Waals surface area contributed by atoms with Crippen molar-refractivity contribution < 1.29 is 14.3 Å². The standard InChI is InChI=1S/C22H37NO3S/c1-6-7-8-9-10-11-12-13-14-15-19(24)23-21-20(17(4)18(5)27-21)22(25)26-16(2)3/h16H,6-15H2,1-5H3,(H,23,24). The Morgan fingerprint density at radius 1 is 0.963 bits per heavy atom. The number of esters is 1. The molecule has 1 rings (SSSR count). The Bertz CT molecular complexity index is 593. The van der Waals surface area contributed by atoms with E-state index in [1.54, 1.807) is 0 Å². The second-order valence-corrected chi connectivity index (χ2v) is 8.79. The van der Waals surface area contributed by atoms with E-state index >= 15 is 0 Å².